The molecule has 0 bridgehead atoms. The van der Waals surface area contributed by atoms with Crippen molar-refractivity contribution in [3.63, 3.8) is 0 Å². The Morgan fingerprint density at radius 1 is 1.33 bits per heavy atom. The molecule has 2 N–H and O–H groups in total. The largest absolute Gasteiger partial charge is 0.379 e. The predicted molar refractivity (Wildman–Crippen MR) is 100 cm³/mol. The molecule has 132 valence electrons. The fourth-order valence-corrected chi connectivity index (χ4v) is 4.98. The molecule has 3 rings (SSSR count). The summed E-state index contributed by atoms with van der Waals surface area (Å²) in [6, 6.07) is 5.95. The van der Waals surface area contributed by atoms with Crippen molar-refractivity contribution >= 4 is 23.5 Å². The number of ether oxygens (including phenoxy) is 1. The van der Waals surface area contributed by atoms with Crippen LogP contribution in [0.4, 0.5) is 10.5 Å². The Labute approximate surface area is 148 Å². The number of anilines is 1. The van der Waals surface area contributed by atoms with E-state index in [0.29, 0.717) is 6.54 Å². The number of urea groups is 1. The summed E-state index contributed by atoms with van der Waals surface area (Å²) >= 11 is 1.98. The zero-order valence-corrected chi connectivity index (χ0v) is 15.4. The first kappa shape index (κ1) is 17.6. The van der Waals surface area contributed by atoms with Gasteiger partial charge >= 0.3 is 6.03 Å². The number of hydrogen-bond donors (Lipinski definition) is 2. The molecule has 1 atom stereocenters. The van der Waals surface area contributed by atoms with Gasteiger partial charge in [0.1, 0.15) is 0 Å². The maximum Gasteiger partial charge on any atom is 0.319 e. The third kappa shape index (κ3) is 4.05. The van der Waals surface area contributed by atoms with Crippen LogP contribution in [0.1, 0.15) is 17.5 Å². The summed E-state index contributed by atoms with van der Waals surface area (Å²) in [4.78, 5) is 14.9. The zero-order valence-electron chi connectivity index (χ0n) is 14.6. The molecule has 2 saturated heterocycles. The first-order chi connectivity index (χ1) is 11.6. The van der Waals surface area contributed by atoms with E-state index in [1.54, 1.807) is 0 Å². The molecule has 0 radical (unpaired) electrons. The van der Waals surface area contributed by atoms with Crippen molar-refractivity contribution in [3.8, 4) is 0 Å². The number of hydrogen-bond acceptors (Lipinski definition) is 4. The molecule has 24 heavy (non-hydrogen) atoms. The molecule has 0 aromatic heterocycles. The van der Waals surface area contributed by atoms with Gasteiger partial charge in [0.05, 0.1) is 13.2 Å². The van der Waals surface area contributed by atoms with Crippen molar-refractivity contribution in [2.24, 2.45) is 0 Å². The maximum absolute atomic E-state index is 12.4. The van der Waals surface area contributed by atoms with E-state index >= 15 is 0 Å². The Morgan fingerprint density at radius 2 is 2.12 bits per heavy atom. The van der Waals surface area contributed by atoms with E-state index in [1.807, 2.05) is 30.8 Å². The highest BCUT2D eigenvalue weighted by Gasteiger charge is 2.40. The number of carbonyl (C=O) groups is 1. The SMILES string of the molecule is Cc1ccc(NC(=O)NC[C@@]2(N3CCOCC3)CCSC2)c(C)c1. The standard InChI is InChI=1S/C18H27N3O2S/c1-14-3-4-16(15(2)11-14)20-17(22)19-12-18(5-10-24-13-18)21-6-8-23-9-7-21/h3-4,11H,5-10,12-13H2,1-2H3,(H2,19,20,22)/t18-/m0/s1. The molecule has 0 unspecified atom stereocenters. The van der Waals surface area contributed by atoms with Crippen LogP contribution in [0, 0.1) is 13.8 Å². The molecule has 2 heterocycles. The summed E-state index contributed by atoms with van der Waals surface area (Å²) < 4.78 is 5.48. The number of rotatable bonds is 4. The van der Waals surface area contributed by atoms with Crippen LogP contribution in [-0.2, 0) is 4.74 Å². The van der Waals surface area contributed by atoms with Gasteiger partial charge in [-0.05, 0) is 37.7 Å². The van der Waals surface area contributed by atoms with Gasteiger partial charge in [-0.15, -0.1) is 0 Å². The lowest BCUT2D eigenvalue weighted by Crippen LogP contribution is -2.59. The topological polar surface area (TPSA) is 53.6 Å². The van der Waals surface area contributed by atoms with E-state index in [0.717, 1.165) is 55.5 Å². The highest BCUT2D eigenvalue weighted by molar-refractivity contribution is 7.99. The summed E-state index contributed by atoms with van der Waals surface area (Å²) in [7, 11) is 0. The number of benzene rings is 1. The molecular formula is C18H27N3O2S. The Hall–Kier alpha value is -1.24. The fraction of sp³-hybridized carbons (Fsp3) is 0.611. The summed E-state index contributed by atoms with van der Waals surface area (Å²) in [6.45, 7) is 8.27. The van der Waals surface area contributed by atoms with Gasteiger partial charge in [-0.1, -0.05) is 17.7 Å². The Kier molecular flexibility index (Phi) is 5.69. The van der Waals surface area contributed by atoms with Crippen molar-refractivity contribution < 1.29 is 9.53 Å². The molecule has 0 aliphatic carbocycles. The highest BCUT2D eigenvalue weighted by atomic mass is 32.2. The van der Waals surface area contributed by atoms with E-state index in [4.69, 9.17) is 4.74 Å². The second-order valence-corrected chi connectivity index (χ2v) is 7.86. The second kappa shape index (κ2) is 7.76. The van der Waals surface area contributed by atoms with E-state index in [-0.39, 0.29) is 11.6 Å². The van der Waals surface area contributed by atoms with Gasteiger partial charge in [0.15, 0.2) is 0 Å². The average Bonchev–Trinajstić information content (AvgIpc) is 3.07. The lowest BCUT2D eigenvalue weighted by Gasteiger charge is -2.43. The Balaban J connectivity index is 1.59. The third-order valence-electron chi connectivity index (χ3n) is 4.97. The second-order valence-electron chi connectivity index (χ2n) is 6.75. The first-order valence-electron chi connectivity index (χ1n) is 8.62. The Bertz CT molecular complexity index is 582. The molecule has 1 aromatic rings. The number of nitrogens with one attached hydrogen (secondary N) is 2. The van der Waals surface area contributed by atoms with Crippen LogP contribution in [0.3, 0.4) is 0 Å². The van der Waals surface area contributed by atoms with Gasteiger partial charge in [0, 0.05) is 36.6 Å². The van der Waals surface area contributed by atoms with E-state index in [1.165, 1.54) is 5.56 Å². The fourth-order valence-electron chi connectivity index (χ4n) is 3.50. The summed E-state index contributed by atoms with van der Waals surface area (Å²) in [5, 5.41) is 6.09. The van der Waals surface area contributed by atoms with Crippen molar-refractivity contribution in [1.82, 2.24) is 10.2 Å². The molecule has 2 aliphatic rings. The molecule has 1 aromatic carbocycles. The molecule has 0 saturated carbocycles. The lowest BCUT2D eigenvalue weighted by molar-refractivity contribution is -0.0123. The quantitative estimate of drug-likeness (QED) is 0.877. The van der Waals surface area contributed by atoms with Gasteiger partial charge in [-0.25, -0.2) is 4.79 Å². The molecular weight excluding hydrogens is 322 g/mol. The molecule has 0 spiro atoms. The van der Waals surface area contributed by atoms with Gasteiger partial charge in [0.2, 0.25) is 0 Å². The van der Waals surface area contributed by atoms with E-state index < -0.39 is 0 Å². The monoisotopic (exact) mass is 349 g/mol. The van der Waals surface area contributed by atoms with Crippen LogP contribution in [0.5, 0.6) is 0 Å². The molecule has 6 heteroatoms. The predicted octanol–water partition coefficient (Wildman–Crippen LogP) is 2.63. The number of aryl methyl sites for hydroxylation is 2. The zero-order chi connectivity index (χ0) is 17.0. The van der Waals surface area contributed by atoms with Gasteiger partial charge < -0.3 is 15.4 Å². The van der Waals surface area contributed by atoms with Crippen LogP contribution in [-0.4, -0.2) is 60.8 Å². The van der Waals surface area contributed by atoms with Crippen LogP contribution in [0.15, 0.2) is 18.2 Å². The van der Waals surface area contributed by atoms with E-state index in [2.05, 4.69) is 28.5 Å². The third-order valence-corrected chi connectivity index (χ3v) is 6.21. The highest BCUT2D eigenvalue weighted by Crippen LogP contribution is 2.33. The number of morpholine rings is 1. The molecule has 5 nitrogen and oxygen atoms in total. The molecule has 2 fully saturated rings. The summed E-state index contributed by atoms with van der Waals surface area (Å²) in [5.41, 5.74) is 3.24. The smallest absolute Gasteiger partial charge is 0.319 e. The summed E-state index contributed by atoms with van der Waals surface area (Å²) in [6.07, 6.45) is 1.13. The normalized spacial score (nSPS) is 24.8. The van der Waals surface area contributed by atoms with Crippen LogP contribution < -0.4 is 10.6 Å². The first-order valence-corrected chi connectivity index (χ1v) is 9.77. The van der Waals surface area contributed by atoms with Crippen LogP contribution in [0.25, 0.3) is 0 Å². The number of carbonyl (C=O) groups excluding carboxylic acids is 1. The van der Waals surface area contributed by atoms with Crippen molar-refractivity contribution in [3.05, 3.63) is 29.3 Å². The minimum atomic E-state index is -0.119. The number of nitrogens with zero attached hydrogens (tertiary/aromatic N) is 1. The van der Waals surface area contributed by atoms with E-state index in [9.17, 15) is 4.79 Å². The van der Waals surface area contributed by atoms with Crippen molar-refractivity contribution in [2.45, 2.75) is 25.8 Å². The van der Waals surface area contributed by atoms with Crippen LogP contribution in [0.2, 0.25) is 0 Å². The Morgan fingerprint density at radius 3 is 2.79 bits per heavy atom. The van der Waals surface area contributed by atoms with Gasteiger partial charge in [0.25, 0.3) is 0 Å². The average molecular weight is 350 g/mol. The van der Waals surface area contributed by atoms with Crippen LogP contribution >= 0.6 is 11.8 Å². The minimum Gasteiger partial charge on any atom is -0.379 e. The lowest BCUT2D eigenvalue weighted by atomic mass is 9.95. The molecule has 2 aliphatic heterocycles. The van der Waals surface area contributed by atoms with Crippen molar-refractivity contribution in [1.29, 1.82) is 0 Å². The molecule has 2 amide bonds. The van der Waals surface area contributed by atoms with Crippen molar-refractivity contribution in [2.75, 3.05) is 49.7 Å². The summed E-state index contributed by atoms with van der Waals surface area (Å²) in [5.74, 6) is 2.24. The minimum absolute atomic E-state index is 0.0775. The number of amides is 2. The number of thioether (sulfide) groups is 1. The van der Waals surface area contributed by atoms with Gasteiger partial charge in [-0.2, -0.15) is 11.8 Å². The maximum atomic E-state index is 12.4. The van der Waals surface area contributed by atoms with Gasteiger partial charge in [-0.3, -0.25) is 4.90 Å².